The van der Waals surface area contributed by atoms with Gasteiger partial charge < -0.3 is 19.9 Å². The largest absolute Gasteiger partial charge is 0.462 e. The summed E-state index contributed by atoms with van der Waals surface area (Å²) in [5.74, 6) is 5.41. The van der Waals surface area contributed by atoms with Gasteiger partial charge in [0.25, 0.3) is 11.8 Å². The van der Waals surface area contributed by atoms with Crippen LogP contribution in [-0.4, -0.2) is 47.2 Å². The Morgan fingerprint density at radius 1 is 1.06 bits per heavy atom. The van der Waals surface area contributed by atoms with Gasteiger partial charge in [-0.25, -0.2) is 5.48 Å². The Kier molecular flexibility index (Phi) is 8.44. The van der Waals surface area contributed by atoms with Gasteiger partial charge in [0.1, 0.15) is 17.9 Å². The fraction of sp³-hybridized carbons (Fsp3) is 0.360. The number of amides is 2. The van der Waals surface area contributed by atoms with Crippen LogP contribution in [0, 0.1) is 17.8 Å². The average molecular weight is 453 g/mol. The Hall–Kier alpha value is -3.38. The minimum atomic E-state index is -0.846. The van der Waals surface area contributed by atoms with Crippen molar-refractivity contribution >= 4 is 11.8 Å². The zero-order valence-corrected chi connectivity index (χ0v) is 18.6. The topological polar surface area (TPSA) is 117 Å². The van der Waals surface area contributed by atoms with Crippen LogP contribution >= 0.6 is 0 Å². The van der Waals surface area contributed by atoms with Crippen LogP contribution in [-0.2, 0) is 9.53 Å². The molecule has 1 aliphatic heterocycles. The molecule has 0 saturated carbocycles. The molecule has 0 bridgehead atoms. The van der Waals surface area contributed by atoms with Gasteiger partial charge in [0, 0.05) is 16.7 Å². The third-order valence-electron chi connectivity index (χ3n) is 5.19. The van der Waals surface area contributed by atoms with E-state index in [1.165, 1.54) is 0 Å². The molecule has 3 rings (SSSR count). The maximum atomic E-state index is 12.4. The molecule has 2 aromatic rings. The maximum Gasteiger partial charge on any atom is 0.266 e. The molecule has 1 fully saturated rings. The number of carbonyl (C=O) groups excluding carboxylic acids is 2. The van der Waals surface area contributed by atoms with Crippen LogP contribution in [0.3, 0.4) is 0 Å². The van der Waals surface area contributed by atoms with Crippen molar-refractivity contribution in [2.75, 3.05) is 6.61 Å². The number of benzene rings is 2. The quantitative estimate of drug-likeness (QED) is 0.303. The SMILES string of the molecule is CC(C)[C@H](NC(=O)c1ccc(C#Cc2ccc(OC3OCCC[C@@H]3O)cc2)cc1)C(=O)NO. The summed E-state index contributed by atoms with van der Waals surface area (Å²) >= 11 is 0. The van der Waals surface area contributed by atoms with E-state index in [1.54, 1.807) is 55.7 Å². The maximum absolute atomic E-state index is 12.4. The van der Waals surface area contributed by atoms with Crippen LogP contribution in [0.15, 0.2) is 48.5 Å². The van der Waals surface area contributed by atoms with E-state index >= 15 is 0 Å². The van der Waals surface area contributed by atoms with E-state index in [2.05, 4.69) is 17.2 Å². The number of rotatable bonds is 6. The smallest absolute Gasteiger partial charge is 0.266 e. The summed E-state index contributed by atoms with van der Waals surface area (Å²) in [4.78, 5) is 24.1. The number of hydroxylamine groups is 1. The number of nitrogens with one attached hydrogen (secondary N) is 2. The van der Waals surface area contributed by atoms with E-state index in [-0.39, 0.29) is 5.92 Å². The molecule has 1 saturated heterocycles. The first-order valence-corrected chi connectivity index (χ1v) is 10.8. The molecule has 0 aliphatic carbocycles. The highest BCUT2D eigenvalue weighted by Gasteiger charge is 2.26. The van der Waals surface area contributed by atoms with Crippen molar-refractivity contribution < 1.29 is 29.4 Å². The van der Waals surface area contributed by atoms with E-state index in [9.17, 15) is 14.7 Å². The molecule has 1 heterocycles. The fourth-order valence-corrected chi connectivity index (χ4v) is 3.28. The van der Waals surface area contributed by atoms with Gasteiger partial charge in [0.2, 0.25) is 6.29 Å². The molecule has 0 spiro atoms. The lowest BCUT2D eigenvalue weighted by atomic mass is 10.0. The molecular weight excluding hydrogens is 424 g/mol. The van der Waals surface area contributed by atoms with Crippen molar-refractivity contribution in [2.24, 2.45) is 5.92 Å². The summed E-state index contributed by atoms with van der Waals surface area (Å²) in [7, 11) is 0. The summed E-state index contributed by atoms with van der Waals surface area (Å²) < 4.78 is 11.1. The van der Waals surface area contributed by atoms with Gasteiger partial charge in [-0.05, 0) is 67.3 Å². The lowest BCUT2D eigenvalue weighted by Crippen LogP contribution is -2.48. The van der Waals surface area contributed by atoms with Crippen molar-refractivity contribution in [3.63, 3.8) is 0 Å². The summed E-state index contributed by atoms with van der Waals surface area (Å²) in [5.41, 5.74) is 3.46. The molecule has 174 valence electrons. The number of ether oxygens (including phenoxy) is 2. The lowest BCUT2D eigenvalue weighted by molar-refractivity contribution is -0.170. The number of aliphatic hydroxyl groups excluding tert-OH is 1. The molecule has 33 heavy (non-hydrogen) atoms. The highest BCUT2D eigenvalue weighted by atomic mass is 16.7. The van der Waals surface area contributed by atoms with Crippen LogP contribution in [0.2, 0.25) is 0 Å². The first-order chi connectivity index (χ1) is 15.9. The van der Waals surface area contributed by atoms with Gasteiger partial charge >= 0.3 is 0 Å². The Morgan fingerprint density at radius 3 is 2.21 bits per heavy atom. The molecule has 0 radical (unpaired) electrons. The summed E-state index contributed by atoms with van der Waals surface area (Å²) in [5, 5.41) is 21.4. The van der Waals surface area contributed by atoms with Crippen molar-refractivity contribution in [3.05, 3.63) is 65.2 Å². The summed E-state index contributed by atoms with van der Waals surface area (Å²) in [6, 6.07) is 13.0. The number of hydrogen-bond acceptors (Lipinski definition) is 6. The molecule has 8 heteroatoms. The van der Waals surface area contributed by atoms with Crippen LogP contribution in [0.1, 0.15) is 48.2 Å². The molecular formula is C25H28N2O6. The molecule has 3 atom stereocenters. The van der Waals surface area contributed by atoms with E-state index in [1.807, 2.05) is 12.1 Å². The molecule has 1 aliphatic rings. The van der Waals surface area contributed by atoms with E-state index < -0.39 is 30.3 Å². The molecule has 8 nitrogen and oxygen atoms in total. The third-order valence-corrected chi connectivity index (χ3v) is 5.19. The zero-order valence-electron chi connectivity index (χ0n) is 18.6. The van der Waals surface area contributed by atoms with Crippen molar-refractivity contribution in [1.82, 2.24) is 10.8 Å². The highest BCUT2D eigenvalue weighted by molar-refractivity contribution is 5.97. The van der Waals surface area contributed by atoms with Crippen LogP contribution < -0.4 is 15.5 Å². The Labute approximate surface area is 192 Å². The lowest BCUT2D eigenvalue weighted by Gasteiger charge is -2.28. The fourth-order valence-electron chi connectivity index (χ4n) is 3.28. The second-order valence-electron chi connectivity index (χ2n) is 8.09. The predicted octanol–water partition coefficient (Wildman–Crippen LogP) is 2.22. The molecule has 2 aromatic carbocycles. The number of hydrogen-bond donors (Lipinski definition) is 4. The first-order valence-electron chi connectivity index (χ1n) is 10.8. The summed E-state index contributed by atoms with van der Waals surface area (Å²) in [6.07, 6.45) is 0.192. The van der Waals surface area contributed by atoms with Crippen LogP contribution in [0.4, 0.5) is 0 Å². The van der Waals surface area contributed by atoms with Gasteiger partial charge in [0.15, 0.2) is 0 Å². The molecule has 4 N–H and O–H groups in total. The summed E-state index contributed by atoms with van der Waals surface area (Å²) in [6.45, 7) is 4.11. The normalized spacial score (nSPS) is 18.6. The van der Waals surface area contributed by atoms with Crippen LogP contribution in [0.25, 0.3) is 0 Å². The van der Waals surface area contributed by atoms with Crippen molar-refractivity contribution in [3.8, 4) is 17.6 Å². The zero-order chi connectivity index (χ0) is 23.8. The van der Waals surface area contributed by atoms with E-state index in [4.69, 9.17) is 14.7 Å². The molecule has 0 aromatic heterocycles. The van der Waals surface area contributed by atoms with E-state index in [0.717, 1.165) is 17.5 Å². The third kappa shape index (κ3) is 6.80. The van der Waals surface area contributed by atoms with Gasteiger partial charge in [-0.2, -0.15) is 0 Å². The molecule has 2 amide bonds. The van der Waals surface area contributed by atoms with Gasteiger partial charge in [-0.1, -0.05) is 25.7 Å². The van der Waals surface area contributed by atoms with Gasteiger partial charge in [-0.15, -0.1) is 0 Å². The number of aliphatic hydroxyl groups is 1. The highest BCUT2D eigenvalue weighted by Crippen LogP contribution is 2.20. The molecule has 1 unspecified atom stereocenters. The Morgan fingerprint density at radius 2 is 1.67 bits per heavy atom. The minimum absolute atomic E-state index is 0.191. The van der Waals surface area contributed by atoms with Crippen molar-refractivity contribution in [1.29, 1.82) is 0 Å². The second kappa shape index (κ2) is 11.5. The number of carbonyl (C=O) groups is 2. The predicted molar refractivity (Wildman–Crippen MR) is 120 cm³/mol. The van der Waals surface area contributed by atoms with Gasteiger partial charge in [0.05, 0.1) is 6.61 Å². The standard InChI is InChI=1S/C25H28N2O6/c1-16(2)22(24(30)27-31)26-23(29)19-11-7-17(8-12-19)5-6-18-9-13-20(14-10-18)33-25-21(28)4-3-15-32-25/h7-14,16,21-22,25,28,31H,3-4,15H2,1-2H3,(H,26,29)(H,27,30)/t21-,22-,25?/m0/s1. The van der Waals surface area contributed by atoms with Crippen molar-refractivity contribution in [2.45, 2.75) is 45.1 Å². The first kappa shape index (κ1) is 24.3. The monoisotopic (exact) mass is 452 g/mol. The minimum Gasteiger partial charge on any atom is -0.462 e. The van der Waals surface area contributed by atoms with Gasteiger partial charge in [-0.3, -0.25) is 14.8 Å². The van der Waals surface area contributed by atoms with E-state index in [0.29, 0.717) is 24.3 Å². The average Bonchev–Trinajstić information content (AvgIpc) is 2.83. The Bertz CT molecular complexity index is 1010. The van der Waals surface area contributed by atoms with Crippen LogP contribution in [0.5, 0.6) is 5.75 Å². The Balaban J connectivity index is 1.59. The second-order valence-corrected chi connectivity index (χ2v) is 8.09.